The monoisotopic (exact) mass is 369 g/mol. The van der Waals surface area contributed by atoms with Crippen molar-refractivity contribution in [3.05, 3.63) is 80.9 Å². The molecule has 1 aromatic carbocycles. The molecule has 3 aromatic rings. The lowest BCUT2D eigenvalue weighted by Gasteiger charge is -2.07. The molecule has 2 heterocycles. The van der Waals surface area contributed by atoms with Crippen LogP contribution in [0.25, 0.3) is 0 Å². The Kier molecular flexibility index (Phi) is 6.26. The van der Waals surface area contributed by atoms with E-state index in [9.17, 15) is 4.79 Å². The van der Waals surface area contributed by atoms with E-state index >= 15 is 0 Å². The Morgan fingerprint density at radius 2 is 2.00 bits per heavy atom. The lowest BCUT2D eigenvalue weighted by Crippen LogP contribution is -2.21. The van der Waals surface area contributed by atoms with Crippen molar-refractivity contribution in [3.8, 4) is 0 Å². The van der Waals surface area contributed by atoms with Crippen LogP contribution in [0, 0.1) is 6.92 Å². The van der Waals surface area contributed by atoms with Crippen LogP contribution in [0.2, 0.25) is 0 Å². The molecule has 0 aliphatic carbocycles. The Morgan fingerprint density at radius 1 is 1.15 bits per heavy atom. The average molecular weight is 369 g/mol. The van der Waals surface area contributed by atoms with Crippen LogP contribution in [0.15, 0.2) is 53.1 Å². The van der Waals surface area contributed by atoms with E-state index < -0.39 is 0 Å². The maximum atomic E-state index is 12.4. The minimum Gasteiger partial charge on any atom is -0.467 e. The Hall–Kier alpha value is -2.37. The summed E-state index contributed by atoms with van der Waals surface area (Å²) in [5.41, 5.74) is 3.38. The van der Waals surface area contributed by atoms with Gasteiger partial charge in [-0.1, -0.05) is 31.2 Å². The first-order valence-corrected chi connectivity index (χ1v) is 9.52. The van der Waals surface area contributed by atoms with Gasteiger partial charge in [0.15, 0.2) is 0 Å². The molecule has 0 saturated carbocycles. The predicted octanol–water partition coefficient (Wildman–Crippen LogP) is 4.86. The fourth-order valence-corrected chi connectivity index (χ4v) is 3.78. The number of hydrogen-bond donors (Lipinski definition) is 1. The van der Waals surface area contributed by atoms with Gasteiger partial charge in [0.05, 0.1) is 17.7 Å². The third kappa shape index (κ3) is 4.84. The number of amides is 1. The lowest BCUT2D eigenvalue weighted by molar-refractivity contribution is 0.0928. The molecule has 0 bridgehead atoms. The summed E-state index contributed by atoms with van der Waals surface area (Å²) in [4.78, 5) is 14.3. The highest BCUT2D eigenvalue weighted by molar-refractivity contribution is 7.14. The van der Waals surface area contributed by atoms with Crippen LogP contribution in [0.5, 0.6) is 0 Å². The Morgan fingerprint density at radius 3 is 2.73 bits per heavy atom. The summed E-state index contributed by atoms with van der Waals surface area (Å²) in [7, 11) is 0. The molecule has 0 spiro atoms. The molecule has 136 valence electrons. The first-order chi connectivity index (χ1) is 12.7. The van der Waals surface area contributed by atoms with Crippen LogP contribution in [0.3, 0.4) is 0 Å². The number of aryl methyl sites for hydroxylation is 2. The van der Waals surface area contributed by atoms with Crippen molar-refractivity contribution in [2.45, 2.75) is 40.0 Å². The van der Waals surface area contributed by atoms with Gasteiger partial charge < -0.3 is 14.5 Å². The zero-order valence-corrected chi connectivity index (χ0v) is 15.9. The number of thiophene rings is 1. The second-order valence-electron chi connectivity index (χ2n) is 6.12. The molecule has 1 amide bonds. The van der Waals surface area contributed by atoms with Crippen LogP contribution >= 0.6 is 11.3 Å². The summed E-state index contributed by atoms with van der Waals surface area (Å²) in [6, 6.07) is 13.8. The third-order valence-electron chi connectivity index (χ3n) is 4.16. The highest BCUT2D eigenvalue weighted by atomic mass is 32.1. The van der Waals surface area contributed by atoms with Gasteiger partial charge in [-0.05, 0) is 48.2 Å². The molecule has 4 nitrogen and oxygen atoms in total. The highest BCUT2D eigenvalue weighted by Gasteiger charge is 2.11. The van der Waals surface area contributed by atoms with Crippen molar-refractivity contribution in [1.82, 2.24) is 5.32 Å². The van der Waals surface area contributed by atoms with Gasteiger partial charge in [0.2, 0.25) is 0 Å². The molecule has 0 aliphatic rings. The van der Waals surface area contributed by atoms with Crippen LogP contribution < -0.4 is 5.32 Å². The van der Waals surface area contributed by atoms with Crippen molar-refractivity contribution in [2.75, 3.05) is 0 Å². The van der Waals surface area contributed by atoms with Crippen LogP contribution in [-0.4, -0.2) is 5.91 Å². The summed E-state index contributed by atoms with van der Waals surface area (Å²) >= 11 is 1.55. The summed E-state index contributed by atoms with van der Waals surface area (Å²) in [6.07, 6.45) is 2.59. The van der Waals surface area contributed by atoms with E-state index in [1.54, 1.807) is 17.6 Å². The van der Waals surface area contributed by atoms with Crippen molar-refractivity contribution in [1.29, 1.82) is 0 Å². The fourth-order valence-electron chi connectivity index (χ4n) is 2.75. The van der Waals surface area contributed by atoms with Gasteiger partial charge in [-0.2, -0.15) is 0 Å². The standard InChI is InChI=1S/C21H23NO3S/c1-3-18-11-20(26-15(18)2)21(23)22-12-16-6-4-7-17(10-16)13-24-14-19-8-5-9-25-19/h4-11H,3,12-14H2,1-2H3,(H,22,23). The number of rotatable bonds is 8. The summed E-state index contributed by atoms with van der Waals surface area (Å²) in [5.74, 6) is 0.795. The van der Waals surface area contributed by atoms with Gasteiger partial charge in [0.1, 0.15) is 12.4 Å². The minimum atomic E-state index is -0.0164. The number of ether oxygens (including phenoxy) is 1. The molecule has 0 radical (unpaired) electrons. The molecule has 0 saturated heterocycles. The first-order valence-electron chi connectivity index (χ1n) is 8.71. The van der Waals surface area contributed by atoms with Crippen LogP contribution in [0.1, 0.15) is 43.9 Å². The largest absolute Gasteiger partial charge is 0.467 e. The topological polar surface area (TPSA) is 51.5 Å². The van der Waals surface area contributed by atoms with Crippen molar-refractivity contribution in [2.24, 2.45) is 0 Å². The molecule has 26 heavy (non-hydrogen) atoms. The molecule has 2 aromatic heterocycles. The van der Waals surface area contributed by atoms with E-state index in [-0.39, 0.29) is 5.91 Å². The average Bonchev–Trinajstić information content (AvgIpc) is 3.29. The Labute approximate surface area is 157 Å². The maximum absolute atomic E-state index is 12.4. The first kappa shape index (κ1) is 18.4. The number of benzene rings is 1. The van der Waals surface area contributed by atoms with E-state index in [0.29, 0.717) is 19.8 Å². The van der Waals surface area contributed by atoms with E-state index in [4.69, 9.17) is 9.15 Å². The van der Waals surface area contributed by atoms with Gasteiger partial charge >= 0.3 is 0 Å². The van der Waals surface area contributed by atoms with Crippen molar-refractivity contribution < 1.29 is 13.9 Å². The van der Waals surface area contributed by atoms with Crippen LogP contribution in [-0.2, 0) is 30.9 Å². The van der Waals surface area contributed by atoms with Gasteiger partial charge in [0, 0.05) is 11.4 Å². The smallest absolute Gasteiger partial charge is 0.261 e. The molecule has 1 N–H and O–H groups in total. The number of hydrogen-bond acceptors (Lipinski definition) is 4. The van der Waals surface area contributed by atoms with Crippen molar-refractivity contribution in [3.63, 3.8) is 0 Å². The lowest BCUT2D eigenvalue weighted by atomic mass is 10.1. The van der Waals surface area contributed by atoms with E-state index in [0.717, 1.165) is 28.2 Å². The number of furan rings is 1. The normalized spacial score (nSPS) is 10.8. The zero-order chi connectivity index (χ0) is 18.4. The number of nitrogens with one attached hydrogen (secondary N) is 1. The fraction of sp³-hybridized carbons (Fsp3) is 0.286. The molecule has 3 rings (SSSR count). The Bertz CT molecular complexity index is 852. The Balaban J connectivity index is 1.52. The van der Waals surface area contributed by atoms with Gasteiger partial charge in [-0.3, -0.25) is 4.79 Å². The van der Waals surface area contributed by atoms with Crippen molar-refractivity contribution >= 4 is 17.2 Å². The maximum Gasteiger partial charge on any atom is 0.261 e. The summed E-state index contributed by atoms with van der Waals surface area (Å²) in [5, 5.41) is 3.00. The van der Waals surface area contributed by atoms with Gasteiger partial charge in [-0.25, -0.2) is 0 Å². The SMILES string of the molecule is CCc1cc(C(=O)NCc2cccc(COCc3ccco3)c2)sc1C. The molecule has 0 unspecified atom stereocenters. The zero-order valence-electron chi connectivity index (χ0n) is 15.1. The number of carbonyl (C=O) groups excluding carboxylic acids is 1. The molecule has 5 heteroatoms. The minimum absolute atomic E-state index is 0.0164. The molecular formula is C21H23NO3S. The predicted molar refractivity (Wildman–Crippen MR) is 103 cm³/mol. The van der Waals surface area contributed by atoms with Crippen LogP contribution in [0.4, 0.5) is 0 Å². The second-order valence-corrected chi connectivity index (χ2v) is 7.38. The third-order valence-corrected chi connectivity index (χ3v) is 5.25. The quantitative estimate of drug-likeness (QED) is 0.617. The highest BCUT2D eigenvalue weighted by Crippen LogP contribution is 2.22. The van der Waals surface area contributed by atoms with Gasteiger partial charge in [-0.15, -0.1) is 11.3 Å². The molecular weight excluding hydrogens is 346 g/mol. The van der Waals surface area contributed by atoms with E-state index in [1.165, 1.54) is 10.4 Å². The number of carbonyl (C=O) groups is 1. The molecule has 0 atom stereocenters. The molecule has 0 aliphatic heterocycles. The second kappa shape index (κ2) is 8.83. The summed E-state index contributed by atoms with van der Waals surface area (Å²) in [6.45, 7) is 5.63. The van der Waals surface area contributed by atoms with Gasteiger partial charge in [0.25, 0.3) is 5.91 Å². The molecule has 0 fully saturated rings. The van der Waals surface area contributed by atoms with E-state index in [1.807, 2.05) is 36.4 Å². The summed E-state index contributed by atoms with van der Waals surface area (Å²) < 4.78 is 10.9. The van der Waals surface area contributed by atoms with E-state index in [2.05, 4.69) is 25.2 Å².